The Kier molecular flexibility index (Phi) is 11.1. The number of rotatable bonds is 10. The van der Waals surface area contributed by atoms with Crippen LogP contribution in [0.1, 0.15) is 19.2 Å². The summed E-state index contributed by atoms with van der Waals surface area (Å²) in [5, 5.41) is 14.9. The molecule has 0 bridgehead atoms. The highest BCUT2D eigenvalue weighted by Crippen LogP contribution is 2.03. The fraction of sp³-hybridized carbons (Fsp3) is 0.562. The number of aliphatic imine (C=N–C) groups is 1. The van der Waals surface area contributed by atoms with E-state index in [9.17, 15) is 0 Å². The van der Waals surface area contributed by atoms with E-state index in [0.29, 0.717) is 19.7 Å². The maximum absolute atomic E-state index is 5.34. The monoisotopic (exact) mass is 462 g/mol. The molecule has 0 amide bonds. The van der Waals surface area contributed by atoms with Gasteiger partial charge in [0.1, 0.15) is 6.54 Å². The summed E-state index contributed by atoms with van der Waals surface area (Å²) in [4.78, 5) is 4.58. The molecule has 0 radical (unpaired) electrons. The summed E-state index contributed by atoms with van der Waals surface area (Å²) in [6.07, 6.45) is 2.86. The maximum atomic E-state index is 5.34. The van der Waals surface area contributed by atoms with Crippen molar-refractivity contribution in [3.8, 4) is 0 Å². The van der Waals surface area contributed by atoms with Crippen molar-refractivity contribution in [3.63, 3.8) is 0 Å². The zero-order valence-electron chi connectivity index (χ0n) is 14.8. The molecule has 0 unspecified atom stereocenters. The topological polar surface area (TPSA) is 85.1 Å². The number of hydrogen-bond acceptors (Lipinski definition) is 5. The average Bonchev–Trinajstić information content (AvgIpc) is 3.02. The first kappa shape index (κ1) is 21.6. The molecule has 2 aromatic heterocycles. The lowest BCUT2D eigenvalue weighted by atomic mass is 10.4. The first-order chi connectivity index (χ1) is 11.8. The lowest BCUT2D eigenvalue weighted by Gasteiger charge is -2.12. The van der Waals surface area contributed by atoms with Crippen molar-refractivity contribution in [3.05, 3.63) is 30.2 Å². The van der Waals surface area contributed by atoms with Crippen LogP contribution in [0.2, 0.25) is 0 Å². The van der Waals surface area contributed by atoms with Gasteiger partial charge in [-0.3, -0.25) is 4.40 Å². The van der Waals surface area contributed by atoms with Crippen molar-refractivity contribution in [1.29, 1.82) is 0 Å². The summed E-state index contributed by atoms with van der Waals surface area (Å²) in [7, 11) is 1.68. The van der Waals surface area contributed by atoms with E-state index in [1.165, 1.54) is 0 Å². The van der Waals surface area contributed by atoms with Gasteiger partial charge in [-0.05, 0) is 25.5 Å². The minimum Gasteiger partial charge on any atom is -0.383 e. The Morgan fingerprint density at radius 3 is 2.84 bits per heavy atom. The first-order valence-corrected chi connectivity index (χ1v) is 8.22. The van der Waals surface area contributed by atoms with Gasteiger partial charge in [0.2, 0.25) is 0 Å². The number of fused-ring (bicyclic) bond motifs is 1. The van der Waals surface area contributed by atoms with Crippen LogP contribution >= 0.6 is 24.0 Å². The molecular weight excluding hydrogens is 435 g/mol. The number of aromatic nitrogens is 3. The standard InChI is InChI=1S/C16H26N6O2.HI/c1-3-24-11-6-8-17-16(18-9-12-23-2)19-13-15-21-20-14-7-4-5-10-22(14)15;/h4-5,7,10H,3,6,8-9,11-13H2,1-2H3,(H2,17,18,19);1H. The lowest BCUT2D eigenvalue weighted by molar-refractivity contribution is 0.145. The average molecular weight is 462 g/mol. The fourth-order valence-electron chi connectivity index (χ4n) is 2.12. The zero-order chi connectivity index (χ0) is 17.0. The van der Waals surface area contributed by atoms with Crippen LogP contribution in [-0.2, 0) is 16.0 Å². The number of halogens is 1. The van der Waals surface area contributed by atoms with Gasteiger partial charge < -0.3 is 20.1 Å². The van der Waals surface area contributed by atoms with Gasteiger partial charge in [0.15, 0.2) is 17.4 Å². The van der Waals surface area contributed by atoms with Crippen molar-refractivity contribution in [2.24, 2.45) is 4.99 Å². The van der Waals surface area contributed by atoms with Crippen molar-refractivity contribution in [1.82, 2.24) is 25.2 Å². The van der Waals surface area contributed by atoms with E-state index < -0.39 is 0 Å². The summed E-state index contributed by atoms with van der Waals surface area (Å²) < 4.78 is 12.3. The van der Waals surface area contributed by atoms with Crippen molar-refractivity contribution < 1.29 is 9.47 Å². The largest absolute Gasteiger partial charge is 0.383 e. The maximum Gasteiger partial charge on any atom is 0.191 e. The zero-order valence-corrected chi connectivity index (χ0v) is 17.1. The summed E-state index contributed by atoms with van der Waals surface area (Å²) in [6, 6.07) is 5.81. The number of guanidine groups is 1. The molecule has 9 heteroatoms. The number of pyridine rings is 1. The number of ether oxygens (including phenoxy) is 2. The highest BCUT2D eigenvalue weighted by atomic mass is 127. The quantitative estimate of drug-likeness (QED) is 0.241. The van der Waals surface area contributed by atoms with E-state index in [-0.39, 0.29) is 24.0 Å². The molecule has 8 nitrogen and oxygen atoms in total. The number of methoxy groups -OCH3 is 1. The summed E-state index contributed by atoms with van der Waals surface area (Å²) in [5.74, 6) is 1.53. The molecule has 0 aliphatic heterocycles. The molecule has 140 valence electrons. The predicted molar refractivity (Wildman–Crippen MR) is 109 cm³/mol. The van der Waals surface area contributed by atoms with Gasteiger partial charge in [-0.2, -0.15) is 0 Å². The molecule has 0 atom stereocenters. The van der Waals surface area contributed by atoms with Gasteiger partial charge in [-0.15, -0.1) is 34.2 Å². The third-order valence-corrected chi connectivity index (χ3v) is 3.32. The van der Waals surface area contributed by atoms with E-state index in [1.807, 2.05) is 35.7 Å². The van der Waals surface area contributed by atoms with E-state index in [2.05, 4.69) is 25.8 Å². The van der Waals surface area contributed by atoms with Gasteiger partial charge in [-0.1, -0.05) is 6.07 Å². The Morgan fingerprint density at radius 1 is 1.20 bits per heavy atom. The molecule has 2 N–H and O–H groups in total. The SMILES string of the molecule is CCOCCCNC(=NCc1nnc2ccccn12)NCCOC.I. The van der Waals surface area contributed by atoms with Gasteiger partial charge in [0, 0.05) is 39.6 Å². The number of nitrogens with zero attached hydrogens (tertiary/aromatic N) is 4. The van der Waals surface area contributed by atoms with Gasteiger partial charge in [0.25, 0.3) is 0 Å². The van der Waals surface area contributed by atoms with Crippen molar-refractivity contribution in [2.75, 3.05) is 40.0 Å². The molecule has 2 rings (SSSR count). The highest BCUT2D eigenvalue weighted by molar-refractivity contribution is 14.0. The molecule has 0 aliphatic rings. The number of hydrogen-bond donors (Lipinski definition) is 2. The minimum atomic E-state index is 0. The normalized spacial score (nSPS) is 11.4. The van der Waals surface area contributed by atoms with Crippen LogP contribution in [0.5, 0.6) is 0 Å². The lowest BCUT2D eigenvalue weighted by Crippen LogP contribution is -2.39. The molecule has 2 aromatic rings. The van der Waals surface area contributed by atoms with Gasteiger partial charge in [-0.25, -0.2) is 4.99 Å². The van der Waals surface area contributed by atoms with Crippen LogP contribution in [0.25, 0.3) is 5.65 Å². The second kappa shape index (κ2) is 12.8. The van der Waals surface area contributed by atoms with Gasteiger partial charge >= 0.3 is 0 Å². The highest BCUT2D eigenvalue weighted by Gasteiger charge is 2.04. The molecular formula is C16H27IN6O2. The Bertz CT molecular complexity index is 634. The van der Waals surface area contributed by atoms with E-state index in [1.54, 1.807) is 7.11 Å². The Hall–Kier alpha value is -1.46. The summed E-state index contributed by atoms with van der Waals surface area (Å²) in [6.45, 7) is 6.02. The minimum absolute atomic E-state index is 0. The molecule has 0 spiro atoms. The smallest absolute Gasteiger partial charge is 0.191 e. The molecule has 2 heterocycles. The van der Waals surface area contributed by atoms with Crippen LogP contribution in [0.4, 0.5) is 0 Å². The van der Waals surface area contributed by atoms with Crippen LogP contribution < -0.4 is 10.6 Å². The second-order valence-corrected chi connectivity index (χ2v) is 5.11. The second-order valence-electron chi connectivity index (χ2n) is 5.11. The Labute approximate surface area is 165 Å². The molecule has 0 aliphatic carbocycles. The molecule has 0 saturated carbocycles. The van der Waals surface area contributed by atoms with Crippen molar-refractivity contribution >= 4 is 35.6 Å². The van der Waals surface area contributed by atoms with Crippen LogP contribution in [-0.4, -0.2) is 60.6 Å². The van der Waals surface area contributed by atoms with Crippen molar-refractivity contribution in [2.45, 2.75) is 19.9 Å². The van der Waals surface area contributed by atoms with Crippen LogP contribution in [0, 0.1) is 0 Å². The van der Waals surface area contributed by atoms with Crippen LogP contribution in [0.15, 0.2) is 29.4 Å². The molecule has 25 heavy (non-hydrogen) atoms. The molecule has 0 saturated heterocycles. The van der Waals surface area contributed by atoms with E-state index >= 15 is 0 Å². The van der Waals surface area contributed by atoms with E-state index in [0.717, 1.165) is 43.6 Å². The fourth-order valence-corrected chi connectivity index (χ4v) is 2.12. The van der Waals surface area contributed by atoms with E-state index in [4.69, 9.17) is 9.47 Å². The van der Waals surface area contributed by atoms with Crippen LogP contribution in [0.3, 0.4) is 0 Å². The molecule has 0 fully saturated rings. The third kappa shape index (κ3) is 7.53. The van der Waals surface area contributed by atoms with Gasteiger partial charge in [0.05, 0.1) is 6.61 Å². The predicted octanol–water partition coefficient (Wildman–Crippen LogP) is 1.46. The summed E-state index contributed by atoms with van der Waals surface area (Å²) in [5.41, 5.74) is 0.821. The number of nitrogens with one attached hydrogen (secondary N) is 2. The summed E-state index contributed by atoms with van der Waals surface area (Å²) >= 11 is 0. The first-order valence-electron chi connectivity index (χ1n) is 8.22. The Balaban J connectivity index is 0.00000312. The third-order valence-electron chi connectivity index (χ3n) is 3.32. The molecule has 0 aromatic carbocycles. The Morgan fingerprint density at radius 2 is 2.04 bits per heavy atom.